The zero-order chi connectivity index (χ0) is 19.0. The molecule has 1 fully saturated rings. The minimum atomic E-state index is -0.190. The van der Waals surface area contributed by atoms with Crippen molar-refractivity contribution in [1.29, 1.82) is 0 Å². The molecule has 0 bridgehead atoms. The summed E-state index contributed by atoms with van der Waals surface area (Å²) in [6.45, 7) is 6.95. The van der Waals surface area contributed by atoms with E-state index in [9.17, 15) is 0 Å². The van der Waals surface area contributed by atoms with Gasteiger partial charge in [0.2, 0.25) is 0 Å². The fraction of sp³-hybridized carbons (Fsp3) is 0.571. The van der Waals surface area contributed by atoms with Crippen LogP contribution in [0, 0.1) is 0 Å². The Kier molecular flexibility index (Phi) is 9.53. The third-order valence-electron chi connectivity index (χ3n) is 5.26. The molecule has 0 radical (unpaired) electrons. The van der Waals surface area contributed by atoms with Gasteiger partial charge >= 0.3 is 0 Å². The minimum Gasteiger partial charge on any atom is -0.381 e. The highest BCUT2D eigenvalue weighted by atomic mass is 127. The molecule has 2 aromatic rings. The molecule has 1 saturated heterocycles. The van der Waals surface area contributed by atoms with Gasteiger partial charge in [0.1, 0.15) is 0 Å². The van der Waals surface area contributed by atoms with Gasteiger partial charge in [0, 0.05) is 64.5 Å². The molecule has 2 heterocycles. The summed E-state index contributed by atoms with van der Waals surface area (Å²) < 4.78 is 13.5. The van der Waals surface area contributed by atoms with Crippen LogP contribution in [0.5, 0.6) is 0 Å². The first-order valence-electron chi connectivity index (χ1n) is 9.95. The van der Waals surface area contributed by atoms with Crippen molar-refractivity contribution < 1.29 is 9.47 Å². The molecule has 0 spiro atoms. The number of rotatable bonds is 8. The number of aryl methyl sites for hydroxylation is 1. The molecule has 28 heavy (non-hydrogen) atoms. The number of aromatic nitrogens is 1. The summed E-state index contributed by atoms with van der Waals surface area (Å²) in [4.78, 5) is 4.77. The zero-order valence-electron chi connectivity index (χ0n) is 16.9. The van der Waals surface area contributed by atoms with Crippen molar-refractivity contribution in [2.24, 2.45) is 4.99 Å². The van der Waals surface area contributed by atoms with E-state index in [2.05, 4.69) is 58.7 Å². The lowest BCUT2D eigenvalue weighted by atomic mass is 9.94. The van der Waals surface area contributed by atoms with Crippen LogP contribution in [-0.4, -0.2) is 56.1 Å². The van der Waals surface area contributed by atoms with Crippen LogP contribution in [0.3, 0.4) is 0 Å². The normalized spacial score (nSPS) is 16.6. The lowest BCUT2D eigenvalue weighted by Crippen LogP contribution is -2.44. The molecule has 1 aromatic carbocycles. The predicted octanol–water partition coefficient (Wildman–Crippen LogP) is 3.40. The number of methoxy groups -OCH3 is 1. The molecule has 3 rings (SSSR count). The van der Waals surface area contributed by atoms with E-state index in [1.807, 2.05) is 0 Å². The maximum absolute atomic E-state index is 5.78. The second-order valence-corrected chi connectivity index (χ2v) is 7.04. The quantitative estimate of drug-likeness (QED) is 0.253. The van der Waals surface area contributed by atoms with Gasteiger partial charge in [-0.1, -0.05) is 18.2 Å². The van der Waals surface area contributed by atoms with E-state index in [0.717, 1.165) is 58.1 Å². The summed E-state index contributed by atoms with van der Waals surface area (Å²) in [6, 6.07) is 10.7. The fourth-order valence-corrected chi connectivity index (χ4v) is 3.53. The van der Waals surface area contributed by atoms with Crippen molar-refractivity contribution in [2.75, 3.05) is 40.0 Å². The van der Waals surface area contributed by atoms with Crippen molar-refractivity contribution in [2.45, 2.75) is 38.3 Å². The molecule has 1 aliphatic heterocycles. The number of ether oxygens (including phenoxy) is 2. The van der Waals surface area contributed by atoms with Crippen LogP contribution < -0.4 is 10.6 Å². The Hall–Kier alpha value is -1.32. The molecule has 2 N–H and O–H groups in total. The summed E-state index contributed by atoms with van der Waals surface area (Å²) in [7, 11) is 1.78. The highest BCUT2D eigenvalue weighted by Crippen LogP contribution is 2.24. The average molecular weight is 500 g/mol. The number of hydrogen-bond acceptors (Lipinski definition) is 3. The Morgan fingerprint density at radius 3 is 2.75 bits per heavy atom. The van der Waals surface area contributed by atoms with Gasteiger partial charge in [-0.2, -0.15) is 0 Å². The molecule has 7 heteroatoms. The Morgan fingerprint density at radius 1 is 1.21 bits per heavy atom. The van der Waals surface area contributed by atoms with Crippen LogP contribution in [0.4, 0.5) is 0 Å². The third kappa shape index (κ3) is 6.09. The van der Waals surface area contributed by atoms with E-state index in [4.69, 9.17) is 14.5 Å². The summed E-state index contributed by atoms with van der Waals surface area (Å²) >= 11 is 0. The van der Waals surface area contributed by atoms with Crippen LogP contribution >= 0.6 is 24.0 Å². The van der Waals surface area contributed by atoms with E-state index in [0.29, 0.717) is 6.54 Å². The monoisotopic (exact) mass is 500 g/mol. The van der Waals surface area contributed by atoms with Crippen LogP contribution in [0.2, 0.25) is 0 Å². The van der Waals surface area contributed by atoms with Crippen molar-refractivity contribution >= 4 is 40.8 Å². The van der Waals surface area contributed by atoms with Gasteiger partial charge in [0.05, 0.1) is 12.1 Å². The molecule has 0 amide bonds. The molecule has 1 aromatic heterocycles. The highest BCUT2D eigenvalue weighted by Gasteiger charge is 2.32. The van der Waals surface area contributed by atoms with Gasteiger partial charge in [0.15, 0.2) is 5.96 Å². The van der Waals surface area contributed by atoms with Crippen molar-refractivity contribution in [3.05, 3.63) is 36.5 Å². The average Bonchev–Trinajstić information content (AvgIpc) is 3.13. The summed E-state index contributed by atoms with van der Waals surface area (Å²) in [6.07, 6.45) is 4.99. The Balaban J connectivity index is 0.00000280. The maximum atomic E-state index is 5.78. The number of para-hydroxylation sites is 1. The molecule has 1 aliphatic rings. The second kappa shape index (κ2) is 11.6. The first-order chi connectivity index (χ1) is 13.3. The lowest BCUT2D eigenvalue weighted by Gasteiger charge is -2.34. The number of halogens is 1. The highest BCUT2D eigenvalue weighted by molar-refractivity contribution is 14.0. The number of fused-ring (bicyclic) bond motifs is 1. The van der Waals surface area contributed by atoms with E-state index < -0.39 is 0 Å². The number of nitrogens with one attached hydrogen (secondary N) is 2. The Bertz CT molecular complexity index is 741. The Morgan fingerprint density at radius 2 is 2.00 bits per heavy atom. The van der Waals surface area contributed by atoms with Gasteiger partial charge < -0.3 is 24.7 Å². The van der Waals surface area contributed by atoms with Gasteiger partial charge in [-0.15, -0.1) is 24.0 Å². The minimum absolute atomic E-state index is 0. The second-order valence-electron chi connectivity index (χ2n) is 7.04. The van der Waals surface area contributed by atoms with E-state index in [1.54, 1.807) is 7.11 Å². The van der Waals surface area contributed by atoms with Crippen LogP contribution in [-0.2, 0) is 16.0 Å². The molecule has 0 aliphatic carbocycles. The molecule has 156 valence electrons. The standard InChI is InChI=1S/C21H32N4O2.HI/c1-3-22-20(24-17-21(26-2)10-15-27-16-11-21)23-12-6-13-25-14-9-18-7-4-5-8-19(18)25;/h4-5,7-9,14H,3,6,10-13,15-17H2,1-2H3,(H2,22,23,24);1H. The topological polar surface area (TPSA) is 59.8 Å². The van der Waals surface area contributed by atoms with Crippen LogP contribution in [0.25, 0.3) is 10.9 Å². The Labute approximate surface area is 185 Å². The molecule has 6 nitrogen and oxygen atoms in total. The van der Waals surface area contributed by atoms with Gasteiger partial charge in [0.25, 0.3) is 0 Å². The van der Waals surface area contributed by atoms with Crippen LogP contribution in [0.1, 0.15) is 26.2 Å². The first-order valence-corrected chi connectivity index (χ1v) is 9.95. The number of aliphatic imine (C=N–C) groups is 1. The first kappa shape index (κ1) is 23.0. The molecular weight excluding hydrogens is 467 g/mol. The summed E-state index contributed by atoms with van der Waals surface area (Å²) in [5, 5.41) is 8.08. The van der Waals surface area contributed by atoms with Crippen molar-refractivity contribution in [3.8, 4) is 0 Å². The number of nitrogens with zero attached hydrogens (tertiary/aromatic N) is 2. The molecule has 0 unspecified atom stereocenters. The SMILES string of the molecule is CCNC(=NCC1(OC)CCOCC1)NCCCn1ccc2ccccc21.I. The predicted molar refractivity (Wildman–Crippen MR) is 126 cm³/mol. The van der Waals surface area contributed by atoms with E-state index >= 15 is 0 Å². The van der Waals surface area contributed by atoms with Crippen LogP contribution in [0.15, 0.2) is 41.5 Å². The smallest absolute Gasteiger partial charge is 0.191 e. The molecular formula is C21H33IN4O2. The van der Waals surface area contributed by atoms with Gasteiger partial charge in [-0.05, 0) is 30.9 Å². The van der Waals surface area contributed by atoms with Crippen molar-refractivity contribution in [3.63, 3.8) is 0 Å². The number of hydrogen-bond donors (Lipinski definition) is 2. The zero-order valence-corrected chi connectivity index (χ0v) is 19.3. The maximum Gasteiger partial charge on any atom is 0.191 e. The number of guanidine groups is 1. The lowest BCUT2D eigenvalue weighted by molar-refractivity contribution is -0.0828. The fourth-order valence-electron chi connectivity index (χ4n) is 3.53. The van der Waals surface area contributed by atoms with Gasteiger partial charge in [-0.25, -0.2) is 0 Å². The van der Waals surface area contributed by atoms with E-state index in [-0.39, 0.29) is 29.6 Å². The van der Waals surface area contributed by atoms with Crippen molar-refractivity contribution in [1.82, 2.24) is 15.2 Å². The van der Waals surface area contributed by atoms with Gasteiger partial charge in [-0.3, -0.25) is 4.99 Å². The largest absolute Gasteiger partial charge is 0.381 e. The summed E-state index contributed by atoms with van der Waals surface area (Å²) in [5.74, 6) is 0.859. The molecule has 0 atom stereocenters. The van der Waals surface area contributed by atoms with E-state index in [1.165, 1.54) is 10.9 Å². The number of benzene rings is 1. The third-order valence-corrected chi connectivity index (χ3v) is 5.26. The summed E-state index contributed by atoms with van der Waals surface area (Å²) in [5.41, 5.74) is 1.10. The molecule has 0 saturated carbocycles.